The molecular formula is C14H26N2O4. The summed E-state index contributed by atoms with van der Waals surface area (Å²) in [5.74, 6) is -0.188. The molecule has 1 rings (SSSR count). The molecule has 6 nitrogen and oxygen atoms in total. The topological polar surface area (TPSA) is 78.9 Å². The number of rotatable bonds is 6. The minimum Gasteiger partial charge on any atom is -0.481 e. The molecule has 1 saturated carbocycles. The van der Waals surface area contributed by atoms with Crippen LogP contribution >= 0.6 is 0 Å². The first-order valence-corrected chi connectivity index (χ1v) is 7.14. The largest absolute Gasteiger partial charge is 0.481 e. The summed E-state index contributed by atoms with van der Waals surface area (Å²) >= 11 is 0. The summed E-state index contributed by atoms with van der Waals surface area (Å²) in [5, 5.41) is 11.5. The van der Waals surface area contributed by atoms with Gasteiger partial charge in [-0.05, 0) is 31.6 Å². The molecule has 2 N–H and O–H groups in total. The highest BCUT2D eigenvalue weighted by molar-refractivity contribution is 5.75. The van der Waals surface area contributed by atoms with Crippen LogP contribution in [0.2, 0.25) is 0 Å². The van der Waals surface area contributed by atoms with Crippen LogP contribution in [0.3, 0.4) is 0 Å². The smallest absolute Gasteiger partial charge is 0.317 e. The predicted octanol–water partition coefficient (Wildman–Crippen LogP) is 1.70. The summed E-state index contributed by atoms with van der Waals surface area (Å²) in [4.78, 5) is 23.8. The quantitative estimate of drug-likeness (QED) is 0.779. The standard InChI is InChI=1S/C14H26N2O4/c1-11-4-7-14(20-3,8-5-11)10-15-13(19)16(2)9-6-12(17)18/h11H,4-10H2,1-3H3,(H,15,19)(H,17,18). The second-order valence-electron chi connectivity index (χ2n) is 5.79. The fourth-order valence-corrected chi connectivity index (χ4v) is 2.48. The molecule has 116 valence electrons. The summed E-state index contributed by atoms with van der Waals surface area (Å²) in [6, 6.07) is -0.249. The molecule has 0 unspecified atom stereocenters. The zero-order valence-electron chi connectivity index (χ0n) is 12.6. The maximum atomic E-state index is 11.9. The van der Waals surface area contributed by atoms with Crippen molar-refractivity contribution in [2.24, 2.45) is 5.92 Å². The fraction of sp³-hybridized carbons (Fsp3) is 0.857. The summed E-state index contributed by atoms with van der Waals surface area (Å²) in [5.41, 5.74) is -0.268. The van der Waals surface area contributed by atoms with Crippen LogP contribution in [0.15, 0.2) is 0 Å². The average Bonchev–Trinajstić information content (AvgIpc) is 2.44. The van der Waals surface area contributed by atoms with Crippen molar-refractivity contribution < 1.29 is 19.4 Å². The van der Waals surface area contributed by atoms with Crippen molar-refractivity contribution in [1.29, 1.82) is 0 Å². The monoisotopic (exact) mass is 286 g/mol. The Morgan fingerprint density at radius 3 is 2.50 bits per heavy atom. The van der Waals surface area contributed by atoms with E-state index >= 15 is 0 Å². The molecule has 0 atom stereocenters. The first-order chi connectivity index (χ1) is 9.38. The summed E-state index contributed by atoms with van der Waals surface area (Å²) in [6.45, 7) is 2.92. The molecule has 1 aliphatic carbocycles. The Morgan fingerprint density at radius 2 is 2.00 bits per heavy atom. The Balaban J connectivity index is 2.40. The van der Waals surface area contributed by atoms with Crippen LogP contribution in [-0.2, 0) is 9.53 Å². The minimum absolute atomic E-state index is 0.0448. The van der Waals surface area contributed by atoms with Crippen LogP contribution in [0.5, 0.6) is 0 Å². The van der Waals surface area contributed by atoms with E-state index in [-0.39, 0.29) is 24.6 Å². The SMILES string of the molecule is COC1(CNC(=O)N(C)CCC(=O)O)CCC(C)CC1. The number of carbonyl (C=O) groups excluding carboxylic acids is 1. The molecule has 0 spiro atoms. The number of aliphatic carboxylic acids is 1. The third-order valence-electron chi connectivity index (χ3n) is 4.19. The Morgan fingerprint density at radius 1 is 1.40 bits per heavy atom. The molecule has 0 saturated heterocycles. The number of methoxy groups -OCH3 is 1. The van der Waals surface area contributed by atoms with Crippen LogP contribution in [-0.4, -0.2) is 54.9 Å². The molecule has 20 heavy (non-hydrogen) atoms. The van der Waals surface area contributed by atoms with Gasteiger partial charge in [0.2, 0.25) is 0 Å². The van der Waals surface area contributed by atoms with E-state index in [0.29, 0.717) is 12.5 Å². The molecule has 1 aliphatic rings. The average molecular weight is 286 g/mol. The number of nitrogens with one attached hydrogen (secondary N) is 1. The van der Waals surface area contributed by atoms with Gasteiger partial charge in [0.1, 0.15) is 0 Å². The van der Waals surface area contributed by atoms with Gasteiger partial charge in [-0.2, -0.15) is 0 Å². The number of carboxylic acid groups (broad SMARTS) is 1. The van der Waals surface area contributed by atoms with Crippen molar-refractivity contribution in [3.05, 3.63) is 0 Å². The van der Waals surface area contributed by atoms with Gasteiger partial charge < -0.3 is 20.1 Å². The molecule has 0 radical (unpaired) electrons. The number of amides is 2. The number of hydrogen-bond donors (Lipinski definition) is 2. The molecule has 0 aromatic carbocycles. The lowest BCUT2D eigenvalue weighted by Crippen LogP contribution is -2.49. The van der Waals surface area contributed by atoms with Gasteiger partial charge in [0.05, 0.1) is 12.0 Å². The lowest BCUT2D eigenvalue weighted by molar-refractivity contribution is -0.137. The number of urea groups is 1. The van der Waals surface area contributed by atoms with Gasteiger partial charge in [-0.15, -0.1) is 0 Å². The number of nitrogens with zero attached hydrogens (tertiary/aromatic N) is 1. The van der Waals surface area contributed by atoms with Gasteiger partial charge in [-0.25, -0.2) is 4.79 Å². The Labute approximate surface area is 120 Å². The first kappa shape index (κ1) is 16.8. The Hall–Kier alpha value is -1.30. The van der Waals surface area contributed by atoms with Gasteiger partial charge in [0, 0.05) is 27.2 Å². The Kier molecular flexibility index (Phi) is 6.26. The van der Waals surface area contributed by atoms with E-state index in [1.54, 1.807) is 14.2 Å². The third kappa shape index (κ3) is 5.00. The molecule has 0 bridgehead atoms. The van der Waals surface area contributed by atoms with Crippen LogP contribution in [0, 0.1) is 5.92 Å². The number of carboxylic acids is 1. The van der Waals surface area contributed by atoms with Crippen molar-refractivity contribution in [2.45, 2.75) is 44.6 Å². The highest BCUT2D eigenvalue weighted by atomic mass is 16.5. The lowest BCUT2D eigenvalue weighted by atomic mass is 9.79. The van der Waals surface area contributed by atoms with Crippen molar-refractivity contribution in [2.75, 3.05) is 27.2 Å². The zero-order valence-corrected chi connectivity index (χ0v) is 12.6. The molecule has 2 amide bonds. The zero-order chi connectivity index (χ0) is 15.2. The summed E-state index contributed by atoms with van der Waals surface area (Å²) < 4.78 is 5.63. The van der Waals surface area contributed by atoms with E-state index in [1.165, 1.54) is 4.90 Å². The van der Waals surface area contributed by atoms with Crippen LogP contribution in [0.1, 0.15) is 39.0 Å². The summed E-state index contributed by atoms with van der Waals surface area (Å²) in [7, 11) is 3.29. The van der Waals surface area contributed by atoms with Gasteiger partial charge in [0.15, 0.2) is 0 Å². The van der Waals surface area contributed by atoms with Crippen LogP contribution < -0.4 is 5.32 Å². The lowest BCUT2D eigenvalue weighted by Gasteiger charge is -2.38. The predicted molar refractivity (Wildman–Crippen MR) is 75.7 cm³/mol. The summed E-state index contributed by atoms with van der Waals surface area (Å²) in [6.07, 6.45) is 4.07. The van der Waals surface area contributed by atoms with Gasteiger partial charge in [0.25, 0.3) is 0 Å². The molecule has 0 aromatic rings. The first-order valence-electron chi connectivity index (χ1n) is 7.14. The molecule has 1 fully saturated rings. The van der Waals surface area contributed by atoms with Gasteiger partial charge in [-0.1, -0.05) is 6.92 Å². The molecular weight excluding hydrogens is 260 g/mol. The van der Waals surface area contributed by atoms with Crippen LogP contribution in [0.4, 0.5) is 4.79 Å². The number of carbonyl (C=O) groups is 2. The van der Waals surface area contributed by atoms with E-state index in [2.05, 4.69) is 12.2 Å². The Bertz CT molecular complexity index is 338. The number of hydrogen-bond acceptors (Lipinski definition) is 3. The molecule has 0 aliphatic heterocycles. The highest BCUT2D eigenvalue weighted by Gasteiger charge is 2.34. The maximum Gasteiger partial charge on any atom is 0.317 e. The third-order valence-corrected chi connectivity index (χ3v) is 4.19. The van der Waals surface area contributed by atoms with Crippen molar-refractivity contribution in [1.82, 2.24) is 10.2 Å². The van der Waals surface area contributed by atoms with Crippen molar-refractivity contribution >= 4 is 12.0 Å². The van der Waals surface area contributed by atoms with E-state index in [4.69, 9.17) is 9.84 Å². The molecule has 6 heteroatoms. The second-order valence-corrected chi connectivity index (χ2v) is 5.79. The van der Waals surface area contributed by atoms with Gasteiger partial charge in [-0.3, -0.25) is 4.79 Å². The minimum atomic E-state index is -0.903. The molecule has 0 aromatic heterocycles. The maximum absolute atomic E-state index is 11.9. The second kappa shape index (κ2) is 7.47. The normalized spacial score (nSPS) is 26.1. The number of ether oxygens (including phenoxy) is 1. The van der Waals surface area contributed by atoms with Crippen LogP contribution in [0.25, 0.3) is 0 Å². The van der Waals surface area contributed by atoms with Crippen molar-refractivity contribution in [3.8, 4) is 0 Å². The highest BCUT2D eigenvalue weighted by Crippen LogP contribution is 2.33. The van der Waals surface area contributed by atoms with Gasteiger partial charge >= 0.3 is 12.0 Å². The van der Waals surface area contributed by atoms with E-state index < -0.39 is 5.97 Å². The van der Waals surface area contributed by atoms with E-state index in [1.807, 2.05) is 0 Å². The fourth-order valence-electron chi connectivity index (χ4n) is 2.48. The van der Waals surface area contributed by atoms with E-state index in [0.717, 1.165) is 25.7 Å². The van der Waals surface area contributed by atoms with E-state index in [9.17, 15) is 9.59 Å². The van der Waals surface area contributed by atoms with Crippen molar-refractivity contribution in [3.63, 3.8) is 0 Å². The molecule has 0 heterocycles.